The summed E-state index contributed by atoms with van der Waals surface area (Å²) in [5.74, 6) is -0.469. The summed E-state index contributed by atoms with van der Waals surface area (Å²) in [6, 6.07) is -0.176. The van der Waals surface area contributed by atoms with Crippen LogP contribution in [0.5, 0.6) is 0 Å². The maximum absolute atomic E-state index is 11.6. The van der Waals surface area contributed by atoms with E-state index in [0.717, 1.165) is 32.3 Å². The lowest BCUT2D eigenvalue weighted by Crippen LogP contribution is -2.41. The molecule has 2 amide bonds. The van der Waals surface area contributed by atoms with Crippen LogP contribution in [0.4, 0.5) is 4.79 Å². The quantitative estimate of drug-likeness (QED) is 0.634. The number of carboxylic acid groups (broad SMARTS) is 1. The first-order valence-corrected chi connectivity index (χ1v) is 7.43. The Labute approximate surface area is 120 Å². The van der Waals surface area contributed by atoms with Gasteiger partial charge in [0.1, 0.15) is 0 Å². The summed E-state index contributed by atoms with van der Waals surface area (Å²) >= 11 is 0. The van der Waals surface area contributed by atoms with Gasteiger partial charge in [-0.2, -0.15) is 0 Å². The lowest BCUT2D eigenvalue weighted by atomic mass is 10.0. The highest BCUT2D eigenvalue weighted by Gasteiger charge is 2.14. The Kier molecular flexibility index (Phi) is 8.02. The monoisotopic (exact) mass is 286 g/mol. The van der Waals surface area contributed by atoms with Gasteiger partial charge in [0, 0.05) is 26.1 Å². The molecule has 1 fully saturated rings. The fourth-order valence-corrected chi connectivity index (χ4v) is 2.18. The van der Waals surface area contributed by atoms with Crippen LogP contribution < -0.4 is 10.6 Å². The number of nitrogens with one attached hydrogen (secondary N) is 2. The number of hydrogen-bond acceptors (Lipinski definition) is 3. The zero-order valence-corrected chi connectivity index (χ0v) is 12.2. The standard InChI is InChI=1S/C14H26N2O4/c1-11(5-6-13(17)18)7-8-15-14(19)16-10-12-4-2-3-9-20-12/h11-12H,2-10H2,1H3,(H,17,18)(H2,15,16,19). The van der Waals surface area contributed by atoms with Gasteiger partial charge in [-0.05, 0) is 38.0 Å². The Balaban J connectivity index is 2.00. The number of ether oxygens (including phenoxy) is 1. The topological polar surface area (TPSA) is 87.7 Å². The summed E-state index contributed by atoms with van der Waals surface area (Å²) in [7, 11) is 0. The molecule has 1 rings (SSSR count). The first-order chi connectivity index (χ1) is 9.58. The highest BCUT2D eigenvalue weighted by molar-refractivity contribution is 5.73. The van der Waals surface area contributed by atoms with E-state index in [-0.39, 0.29) is 18.6 Å². The predicted molar refractivity (Wildman–Crippen MR) is 75.6 cm³/mol. The highest BCUT2D eigenvalue weighted by Crippen LogP contribution is 2.11. The minimum Gasteiger partial charge on any atom is -0.481 e. The summed E-state index contributed by atoms with van der Waals surface area (Å²) in [4.78, 5) is 22.0. The average molecular weight is 286 g/mol. The van der Waals surface area contributed by atoms with Crippen LogP contribution in [0.1, 0.15) is 45.4 Å². The van der Waals surface area contributed by atoms with Gasteiger partial charge in [-0.25, -0.2) is 4.79 Å². The smallest absolute Gasteiger partial charge is 0.314 e. The lowest BCUT2D eigenvalue weighted by molar-refractivity contribution is -0.137. The number of carbonyl (C=O) groups excluding carboxylic acids is 1. The molecule has 6 nitrogen and oxygen atoms in total. The van der Waals surface area contributed by atoms with Crippen molar-refractivity contribution in [2.75, 3.05) is 19.7 Å². The first-order valence-electron chi connectivity index (χ1n) is 7.43. The van der Waals surface area contributed by atoms with Crippen molar-refractivity contribution >= 4 is 12.0 Å². The Bertz CT molecular complexity index is 304. The largest absolute Gasteiger partial charge is 0.481 e. The van der Waals surface area contributed by atoms with E-state index in [0.29, 0.717) is 25.4 Å². The second kappa shape index (κ2) is 9.58. The summed E-state index contributed by atoms with van der Waals surface area (Å²) in [6.07, 6.45) is 5.05. The summed E-state index contributed by atoms with van der Waals surface area (Å²) in [5.41, 5.74) is 0. The van der Waals surface area contributed by atoms with Crippen molar-refractivity contribution in [3.05, 3.63) is 0 Å². The van der Waals surface area contributed by atoms with Crippen molar-refractivity contribution in [3.63, 3.8) is 0 Å². The number of carbonyl (C=O) groups is 2. The highest BCUT2D eigenvalue weighted by atomic mass is 16.5. The van der Waals surface area contributed by atoms with Crippen LogP contribution in [0.15, 0.2) is 0 Å². The van der Waals surface area contributed by atoms with Gasteiger partial charge in [-0.3, -0.25) is 4.79 Å². The van der Waals surface area contributed by atoms with E-state index in [1.165, 1.54) is 0 Å². The van der Waals surface area contributed by atoms with E-state index in [4.69, 9.17) is 9.84 Å². The van der Waals surface area contributed by atoms with Crippen molar-refractivity contribution in [1.29, 1.82) is 0 Å². The minimum atomic E-state index is -0.768. The zero-order chi connectivity index (χ0) is 14.8. The molecule has 1 aliphatic rings. The van der Waals surface area contributed by atoms with Gasteiger partial charge >= 0.3 is 12.0 Å². The molecule has 0 saturated carbocycles. The Hall–Kier alpha value is -1.30. The fraction of sp³-hybridized carbons (Fsp3) is 0.857. The Morgan fingerprint density at radius 3 is 2.75 bits per heavy atom. The number of carboxylic acids is 1. The van der Waals surface area contributed by atoms with Gasteiger partial charge in [-0.15, -0.1) is 0 Å². The van der Waals surface area contributed by atoms with Crippen molar-refractivity contribution in [2.24, 2.45) is 5.92 Å². The van der Waals surface area contributed by atoms with Crippen molar-refractivity contribution in [2.45, 2.75) is 51.6 Å². The van der Waals surface area contributed by atoms with E-state index in [1.807, 2.05) is 6.92 Å². The van der Waals surface area contributed by atoms with Crippen LogP contribution in [0.3, 0.4) is 0 Å². The molecule has 0 bridgehead atoms. The molecule has 1 saturated heterocycles. The van der Waals surface area contributed by atoms with Gasteiger partial charge < -0.3 is 20.5 Å². The molecule has 0 aromatic rings. The molecule has 116 valence electrons. The van der Waals surface area contributed by atoms with Crippen LogP contribution in [-0.2, 0) is 9.53 Å². The summed E-state index contributed by atoms with van der Waals surface area (Å²) < 4.78 is 5.53. The molecule has 0 aromatic heterocycles. The van der Waals surface area contributed by atoms with Gasteiger partial charge in [-0.1, -0.05) is 6.92 Å². The Morgan fingerprint density at radius 2 is 2.10 bits per heavy atom. The van der Waals surface area contributed by atoms with Crippen LogP contribution in [-0.4, -0.2) is 42.9 Å². The maximum Gasteiger partial charge on any atom is 0.314 e. The fourth-order valence-electron chi connectivity index (χ4n) is 2.18. The molecule has 2 unspecified atom stereocenters. The molecule has 1 aliphatic heterocycles. The first kappa shape index (κ1) is 16.8. The van der Waals surface area contributed by atoms with Crippen molar-refractivity contribution in [1.82, 2.24) is 10.6 Å². The van der Waals surface area contributed by atoms with Crippen LogP contribution in [0.2, 0.25) is 0 Å². The van der Waals surface area contributed by atoms with Crippen molar-refractivity contribution in [3.8, 4) is 0 Å². The molecule has 1 heterocycles. The third-order valence-corrected chi connectivity index (χ3v) is 3.54. The van der Waals surface area contributed by atoms with E-state index in [1.54, 1.807) is 0 Å². The number of aliphatic carboxylic acids is 1. The molecular weight excluding hydrogens is 260 g/mol. The molecule has 0 aromatic carbocycles. The van der Waals surface area contributed by atoms with Crippen LogP contribution in [0.25, 0.3) is 0 Å². The minimum absolute atomic E-state index is 0.143. The van der Waals surface area contributed by atoms with Gasteiger partial charge in [0.2, 0.25) is 0 Å². The second-order valence-electron chi connectivity index (χ2n) is 5.45. The lowest BCUT2D eigenvalue weighted by Gasteiger charge is -2.22. The molecule has 2 atom stereocenters. The predicted octanol–water partition coefficient (Wildman–Crippen LogP) is 1.75. The zero-order valence-electron chi connectivity index (χ0n) is 12.2. The van der Waals surface area contributed by atoms with Crippen LogP contribution >= 0.6 is 0 Å². The third-order valence-electron chi connectivity index (χ3n) is 3.54. The van der Waals surface area contributed by atoms with Gasteiger partial charge in [0.25, 0.3) is 0 Å². The third kappa shape index (κ3) is 7.99. The van der Waals surface area contributed by atoms with Gasteiger partial charge in [0.05, 0.1) is 6.10 Å². The van der Waals surface area contributed by atoms with E-state index in [9.17, 15) is 9.59 Å². The Morgan fingerprint density at radius 1 is 1.30 bits per heavy atom. The SMILES string of the molecule is CC(CCNC(=O)NCC1CCCCO1)CCC(=O)O. The summed E-state index contributed by atoms with van der Waals surface area (Å²) in [6.45, 7) is 3.91. The average Bonchev–Trinajstić information content (AvgIpc) is 2.44. The second-order valence-corrected chi connectivity index (χ2v) is 5.45. The van der Waals surface area contributed by atoms with E-state index < -0.39 is 5.97 Å². The number of urea groups is 1. The molecule has 3 N–H and O–H groups in total. The van der Waals surface area contributed by atoms with Crippen molar-refractivity contribution < 1.29 is 19.4 Å². The molecule has 20 heavy (non-hydrogen) atoms. The van der Waals surface area contributed by atoms with Crippen LogP contribution in [0, 0.1) is 5.92 Å². The molecular formula is C14H26N2O4. The number of amides is 2. The maximum atomic E-state index is 11.6. The van der Waals surface area contributed by atoms with E-state index in [2.05, 4.69) is 10.6 Å². The molecule has 0 aliphatic carbocycles. The van der Waals surface area contributed by atoms with E-state index >= 15 is 0 Å². The number of hydrogen-bond donors (Lipinski definition) is 3. The molecule has 6 heteroatoms. The van der Waals surface area contributed by atoms with Gasteiger partial charge in [0.15, 0.2) is 0 Å². The molecule has 0 spiro atoms. The normalized spacial score (nSPS) is 20.1. The molecule has 0 radical (unpaired) electrons. The number of rotatable bonds is 8. The summed E-state index contributed by atoms with van der Waals surface area (Å²) in [5, 5.41) is 14.2.